The van der Waals surface area contributed by atoms with Crippen molar-refractivity contribution in [2.75, 3.05) is 34.5 Å². The summed E-state index contributed by atoms with van der Waals surface area (Å²) in [7, 11) is 4.01. The van der Waals surface area contributed by atoms with Crippen LogP contribution in [-0.2, 0) is 23.8 Å². The summed E-state index contributed by atoms with van der Waals surface area (Å²) >= 11 is 0. The van der Waals surface area contributed by atoms with Crippen molar-refractivity contribution in [1.82, 2.24) is 4.90 Å². The number of hydrogen-bond acceptors (Lipinski definition) is 8. The second kappa shape index (κ2) is 9.00. The monoisotopic (exact) mass is 403 g/mol. The van der Waals surface area contributed by atoms with Crippen molar-refractivity contribution in [3.8, 4) is 11.5 Å². The average molecular weight is 403 g/mol. The summed E-state index contributed by atoms with van der Waals surface area (Å²) < 4.78 is 20.8. The minimum absolute atomic E-state index is 0.0191. The molecular weight excluding hydrogens is 378 g/mol. The van der Waals surface area contributed by atoms with E-state index in [1.807, 2.05) is 0 Å². The summed E-state index contributed by atoms with van der Waals surface area (Å²) in [4.78, 5) is 27.0. The zero-order valence-corrected chi connectivity index (χ0v) is 16.7. The fourth-order valence-electron chi connectivity index (χ4n) is 3.65. The number of hydrogen-bond donors (Lipinski definition) is 1. The normalized spacial score (nSPS) is 19.4. The maximum absolute atomic E-state index is 12.6. The maximum Gasteiger partial charge on any atom is 0.336 e. The molecular formula is C21H25NO7. The summed E-state index contributed by atoms with van der Waals surface area (Å²) in [5.74, 6) is -1.66. The first-order chi connectivity index (χ1) is 14.0. The molecule has 1 N–H and O–H groups in total. The van der Waals surface area contributed by atoms with E-state index >= 15 is 0 Å². The van der Waals surface area contributed by atoms with Gasteiger partial charge in [-0.1, -0.05) is 6.07 Å². The van der Waals surface area contributed by atoms with Crippen LogP contribution in [0.15, 0.2) is 41.7 Å². The summed E-state index contributed by atoms with van der Waals surface area (Å²) in [5.41, 5.74) is 1.15. The van der Waals surface area contributed by atoms with Gasteiger partial charge in [0.1, 0.15) is 0 Å². The molecule has 1 aromatic carbocycles. The van der Waals surface area contributed by atoms with Gasteiger partial charge < -0.3 is 29.0 Å². The molecule has 0 saturated carbocycles. The third-order valence-corrected chi connectivity index (χ3v) is 5.05. The van der Waals surface area contributed by atoms with Gasteiger partial charge in [-0.05, 0) is 30.5 Å². The molecule has 0 unspecified atom stereocenters. The van der Waals surface area contributed by atoms with Crippen molar-refractivity contribution < 1.29 is 33.6 Å². The number of carbonyl (C=O) groups is 2. The lowest BCUT2D eigenvalue weighted by atomic mass is 9.83. The Balaban J connectivity index is 2.06. The van der Waals surface area contributed by atoms with Gasteiger partial charge >= 0.3 is 11.9 Å². The predicted octanol–water partition coefficient (Wildman–Crippen LogP) is 2.09. The van der Waals surface area contributed by atoms with Crippen LogP contribution >= 0.6 is 0 Å². The van der Waals surface area contributed by atoms with E-state index in [2.05, 4.69) is 0 Å². The SMILES string of the molecule is COC(=O)C1=CN(C[C@@H]2CCCO2)C=C(C(=O)OC)C1c1ccc(O)c(OC)c1. The maximum atomic E-state index is 12.6. The van der Waals surface area contributed by atoms with Crippen molar-refractivity contribution in [3.05, 3.63) is 47.3 Å². The molecule has 8 heteroatoms. The van der Waals surface area contributed by atoms with Crippen LogP contribution in [0.2, 0.25) is 0 Å². The molecule has 1 fully saturated rings. The third kappa shape index (κ3) is 4.37. The molecule has 2 aliphatic heterocycles. The number of phenols is 1. The van der Waals surface area contributed by atoms with E-state index in [1.165, 1.54) is 27.4 Å². The number of rotatable bonds is 6. The van der Waals surface area contributed by atoms with Crippen molar-refractivity contribution in [3.63, 3.8) is 0 Å². The molecule has 0 aromatic heterocycles. The summed E-state index contributed by atoms with van der Waals surface area (Å²) in [6.07, 6.45) is 5.26. The Morgan fingerprint density at radius 3 is 2.31 bits per heavy atom. The molecule has 156 valence electrons. The van der Waals surface area contributed by atoms with E-state index in [-0.39, 0.29) is 28.7 Å². The van der Waals surface area contributed by atoms with Crippen LogP contribution in [0.3, 0.4) is 0 Å². The van der Waals surface area contributed by atoms with Crippen molar-refractivity contribution in [2.45, 2.75) is 24.9 Å². The lowest BCUT2D eigenvalue weighted by molar-refractivity contribution is -0.137. The lowest BCUT2D eigenvalue weighted by Gasteiger charge is -2.31. The molecule has 3 rings (SSSR count). The molecule has 8 nitrogen and oxygen atoms in total. The number of nitrogens with zero attached hydrogens (tertiary/aromatic N) is 1. The molecule has 0 amide bonds. The Kier molecular flexibility index (Phi) is 6.43. The highest BCUT2D eigenvalue weighted by Gasteiger charge is 2.36. The van der Waals surface area contributed by atoms with Gasteiger partial charge in [-0.15, -0.1) is 0 Å². The summed E-state index contributed by atoms with van der Waals surface area (Å²) in [6, 6.07) is 4.67. The predicted molar refractivity (Wildman–Crippen MR) is 103 cm³/mol. The van der Waals surface area contributed by atoms with Crippen molar-refractivity contribution in [2.24, 2.45) is 0 Å². The van der Waals surface area contributed by atoms with Crippen LogP contribution in [0, 0.1) is 0 Å². The zero-order chi connectivity index (χ0) is 21.0. The Hall–Kier alpha value is -3.00. The quantitative estimate of drug-likeness (QED) is 0.722. The van der Waals surface area contributed by atoms with E-state index in [0.717, 1.165) is 12.8 Å². The lowest BCUT2D eigenvalue weighted by Crippen LogP contribution is -2.32. The van der Waals surface area contributed by atoms with Gasteiger partial charge in [0, 0.05) is 25.6 Å². The molecule has 0 radical (unpaired) electrons. The van der Waals surface area contributed by atoms with Gasteiger partial charge in [-0.3, -0.25) is 0 Å². The molecule has 1 atom stereocenters. The number of methoxy groups -OCH3 is 3. The molecule has 0 bridgehead atoms. The number of aromatic hydroxyl groups is 1. The Labute approximate surface area is 169 Å². The topological polar surface area (TPSA) is 94.5 Å². The molecule has 0 spiro atoms. The molecule has 2 heterocycles. The number of esters is 2. The first-order valence-electron chi connectivity index (χ1n) is 9.32. The largest absolute Gasteiger partial charge is 0.504 e. The highest BCUT2D eigenvalue weighted by molar-refractivity contribution is 5.98. The molecule has 1 saturated heterocycles. The second-order valence-corrected chi connectivity index (χ2v) is 6.85. The molecule has 2 aliphatic rings. The first kappa shape index (κ1) is 20.7. The zero-order valence-electron chi connectivity index (χ0n) is 16.7. The second-order valence-electron chi connectivity index (χ2n) is 6.85. The number of ether oxygens (including phenoxy) is 4. The van der Waals surface area contributed by atoms with Crippen molar-refractivity contribution in [1.29, 1.82) is 0 Å². The summed E-state index contributed by atoms with van der Waals surface area (Å²) in [6.45, 7) is 1.21. The highest BCUT2D eigenvalue weighted by atomic mass is 16.5. The minimum Gasteiger partial charge on any atom is -0.504 e. The highest BCUT2D eigenvalue weighted by Crippen LogP contribution is 2.40. The van der Waals surface area contributed by atoms with E-state index in [9.17, 15) is 14.7 Å². The summed E-state index contributed by atoms with van der Waals surface area (Å²) in [5, 5.41) is 9.92. The molecule has 0 aliphatic carbocycles. The smallest absolute Gasteiger partial charge is 0.336 e. The van der Waals surface area contributed by atoms with Gasteiger partial charge in [-0.25, -0.2) is 9.59 Å². The van der Waals surface area contributed by atoms with Crippen LogP contribution in [0.1, 0.15) is 24.3 Å². The van der Waals surface area contributed by atoms with Crippen LogP contribution in [-0.4, -0.2) is 62.5 Å². The van der Waals surface area contributed by atoms with E-state index in [0.29, 0.717) is 18.7 Å². The van der Waals surface area contributed by atoms with E-state index in [1.54, 1.807) is 29.4 Å². The fraction of sp³-hybridized carbons (Fsp3) is 0.429. The van der Waals surface area contributed by atoms with Crippen molar-refractivity contribution >= 4 is 11.9 Å². The fourth-order valence-corrected chi connectivity index (χ4v) is 3.65. The molecule has 1 aromatic rings. The molecule has 29 heavy (non-hydrogen) atoms. The Morgan fingerprint density at radius 2 is 1.79 bits per heavy atom. The van der Waals surface area contributed by atoms with Gasteiger partial charge in [0.05, 0.1) is 44.5 Å². The number of benzene rings is 1. The standard InChI is InChI=1S/C21H25NO7/c1-26-18-9-13(6-7-17(18)23)19-15(20(24)27-2)11-22(10-14-5-4-8-29-14)12-16(19)21(25)28-3/h6-7,9,11-12,14,19,23H,4-5,8,10H2,1-3H3/t14-/m0/s1. The third-order valence-electron chi connectivity index (χ3n) is 5.05. The number of phenolic OH excluding ortho intramolecular Hbond substituents is 1. The van der Waals surface area contributed by atoms with Crippen LogP contribution in [0.5, 0.6) is 11.5 Å². The first-order valence-corrected chi connectivity index (χ1v) is 9.32. The van der Waals surface area contributed by atoms with Gasteiger partial charge in [0.15, 0.2) is 11.5 Å². The van der Waals surface area contributed by atoms with Crippen LogP contribution in [0.4, 0.5) is 0 Å². The average Bonchev–Trinajstić information content (AvgIpc) is 3.25. The van der Waals surface area contributed by atoms with Crippen LogP contribution in [0.25, 0.3) is 0 Å². The Morgan fingerprint density at radius 1 is 1.14 bits per heavy atom. The van der Waals surface area contributed by atoms with Gasteiger partial charge in [0.2, 0.25) is 0 Å². The van der Waals surface area contributed by atoms with E-state index in [4.69, 9.17) is 18.9 Å². The minimum atomic E-state index is -0.731. The number of carbonyl (C=O) groups excluding carboxylic acids is 2. The van der Waals surface area contributed by atoms with Crippen LogP contribution < -0.4 is 4.74 Å². The Bertz CT molecular complexity index is 805. The van der Waals surface area contributed by atoms with Gasteiger partial charge in [0.25, 0.3) is 0 Å². The van der Waals surface area contributed by atoms with Gasteiger partial charge in [-0.2, -0.15) is 0 Å². The van der Waals surface area contributed by atoms with E-state index < -0.39 is 17.9 Å².